The van der Waals surface area contributed by atoms with E-state index in [9.17, 15) is 0 Å². The summed E-state index contributed by atoms with van der Waals surface area (Å²) < 4.78 is 11.5. The van der Waals surface area contributed by atoms with Crippen LogP contribution in [0.1, 0.15) is 22.0 Å². The van der Waals surface area contributed by atoms with E-state index >= 15 is 0 Å². The van der Waals surface area contributed by atoms with Gasteiger partial charge in [-0.3, -0.25) is 0 Å². The van der Waals surface area contributed by atoms with Gasteiger partial charge in [0.25, 0.3) is 0 Å². The fourth-order valence-electron chi connectivity index (χ4n) is 1.97. The minimum Gasteiger partial charge on any atom is -0.496 e. The summed E-state index contributed by atoms with van der Waals surface area (Å²) in [6.07, 6.45) is 0. The van der Waals surface area contributed by atoms with Crippen molar-refractivity contribution in [3.05, 3.63) is 44.6 Å². The molecule has 3 nitrogen and oxygen atoms in total. The molecule has 5 heteroatoms. The molecule has 1 unspecified atom stereocenters. The third-order valence-corrected chi connectivity index (χ3v) is 4.60. The van der Waals surface area contributed by atoms with Crippen LogP contribution in [0.3, 0.4) is 0 Å². The molecule has 0 amide bonds. The van der Waals surface area contributed by atoms with E-state index in [4.69, 9.17) is 26.8 Å². The van der Waals surface area contributed by atoms with E-state index in [0.29, 0.717) is 11.5 Å². The maximum absolute atomic E-state index is 6.34. The van der Waals surface area contributed by atoms with Crippen molar-refractivity contribution in [3.63, 3.8) is 0 Å². The molecule has 0 aliphatic carbocycles. The molecule has 0 spiro atoms. The number of aryl methyl sites for hydroxylation is 1. The lowest BCUT2D eigenvalue weighted by atomic mass is 10.0. The normalized spacial score (nSPS) is 12.3. The van der Waals surface area contributed by atoms with Crippen LogP contribution in [0.15, 0.2) is 24.3 Å². The third kappa shape index (κ3) is 2.71. The number of nitrogens with two attached hydrogens (primary N) is 1. The van der Waals surface area contributed by atoms with Crippen molar-refractivity contribution in [2.24, 2.45) is 5.73 Å². The summed E-state index contributed by atoms with van der Waals surface area (Å²) in [5.74, 6) is 1.43. The molecule has 1 atom stereocenters. The second-order valence-corrected chi connectivity index (χ2v) is 5.85. The first-order valence-corrected chi connectivity index (χ1v) is 7.00. The lowest BCUT2D eigenvalue weighted by molar-refractivity contribution is 0.382. The van der Waals surface area contributed by atoms with Crippen LogP contribution >= 0.6 is 22.9 Å². The molecule has 2 N–H and O–H groups in total. The summed E-state index contributed by atoms with van der Waals surface area (Å²) in [6.45, 7) is 1.97. The van der Waals surface area contributed by atoms with Gasteiger partial charge in [-0.05, 0) is 30.7 Å². The van der Waals surface area contributed by atoms with Crippen LogP contribution < -0.4 is 15.2 Å². The predicted molar refractivity (Wildman–Crippen MR) is 79.6 cm³/mol. The first-order valence-electron chi connectivity index (χ1n) is 5.80. The number of methoxy groups -OCH3 is 2. The molecule has 1 aromatic heterocycles. The van der Waals surface area contributed by atoms with Gasteiger partial charge in [-0.25, -0.2) is 0 Å². The van der Waals surface area contributed by atoms with Crippen LogP contribution in [0.25, 0.3) is 0 Å². The lowest BCUT2D eigenvalue weighted by Crippen LogP contribution is -2.13. The molecule has 0 radical (unpaired) electrons. The Balaban J connectivity index is 2.50. The van der Waals surface area contributed by atoms with Gasteiger partial charge in [0.2, 0.25) is 0 Å². The van der Waals surface area contributed by atoms with E-state index in [-0.39, 0.29) is 6.04 Å². The second-order valence-electron chi connectivity index (χ2n) is 4.16. The summed E-state index contributed by atoms with van der Waals surface area (Å²) in [5.41, 5.74) is 8.21. The van der Waals surface area contributed by atoms with Crippen molar-refractivity contribution < 1.29 is 9.47 Å². The van der Waals surface area contributed by atoms with Crippen LogP contribution in [0, 0.1) is 6.92 Å². The van der Waals surface area contributed by atoms with Crippen molar-refractivity contribution in [3.8, 4) is 11.5 Å². The fourth-order valence-corrected chi connectivity index (χ4v) is 3.19. The van der Waals surface area contributed by atoms with Crippen molar-refractivity contribution in [1.29, 1.82) is 0 Å². The quantitative estimate of drug-likeness (QED) is 0.934. The van der Waals surface area contributed by atoms with Crippen LogP contribution in [0.2, 0.25) is 4.34 Å². The van der Waals surface area contributed by atoms with Gasteiger partial charge in [0.15, 0.2) is 0 Å². The van der Waals surface area contributed by atoms with E-state index in [1.165, 1.54) is 11.3 Å². The number of thiophene rings is 1. The summed E-state index contributed by atoms with van der Waals surface area (Å²) >= 11 is 7.59. The number of benzene rings is 1. The molecule has 102 valence electrons. The number of halogens is 1. The Kier molecular flexibility index (Phi) is 4.34. The summed E-state index contributed by atoms with van der Waals surface area (Å²) in [5, 5.41) is 0. The Hall–Kier alpha value is -1.23. The van der Waals surface area contributed by atoms with Crippen molar-refractivity contribution >= 4 is 22.9 Å². The number of ether oxygens (including phenoxy) is 2. The molecule has 19 heavy (non-hydrogen) atoms. The zero-order valence-corrected chi connectivity index (χ0v) is 12.6. The molecule has 2 rings (SSSR count). The highest BCUT2D eigenvalue weighted by Crippen LogP contribution is 2.40. The molecule has 0 bridgehead atoms. The zero-order chi connectivity index (χ0) is 14.0. The second kappa shape index (κ2) is 5.82. The van der Waals surface area contributed by atoms with E-state index in [2.05, 4.69) is 0 Å². The monoisotopic (exact) mass is 297 g/mol. The maximum Gasteiger partial charge on any atom is 0.127 e. The van der Waals surface area contributed by atoms with Gasteiger partial charge in [0.1, 0.15) is 11.5 Å². The Labute approximate surface area is 121 Å². The molecule has 0 aliphatic heterocycles. The van der Waals surface area contributed by atoms with Crippen LogP contribution in [0.4, 0.5) is 0 Å². The molecule has 0 saturated carbocycles. The van der Waals surface area contributed by atoms with E-state index < -0.39 is 0 Å². The van der Waals surface area contributed by atoms with Crippen LogP contribution in [-0.2, 0) is 0 Å². The third-order valence-electron chi connectivity index (χ3n) is 2.96. The van der Waals surface area contributed by atoms with E-state index in [1.807, 2.05) is 31.2 Å². The van der Waals surface area contributed by atoms with Crippen molar-refractivity contribution in [2.45, 2.75) is 13.0 Å². The molecule has 0 fully saturated rings. The topological polar surface area (TPSA) is 44.5 Å². The fraction of sp³-hybridized carbons (Fsp3) is 0.286. The molecule has 1 heterocycles. The minimum absolute atomic E-state index is 0.317. The summed E-state index contributed by atoms with van der Waals surface area (Å²) in [4.78, 5) is 0.991. The molecular weight excluding hydrogens is 282 g/mol. The molecule has 2 aromatic rings. The van der Waals surface area contributed by atoms with Crippen molar-refractivity contribution in [2.75, 3.05) is 14.2 Å². The standard InChI is InChI=1S/C14H16ClNO2S/c1-8-7-11(19-14(8)15)13(16)12-9(17-2)5-4-6-10(12)18-3/h4-7,13H,16H2,1-3H3. The number of hydrogen-bond acceptors (Lipinski definition) is 4. The Bertz CT molecular complexity index is 541. The highest BCUT2D eigenvalue weighted by molar-refractivity contribution is 7.16. The van der Waals surface area contributed by atoms with E-state index in [1.54, 1.807) is 14.2 Å². The SMILES string of the molecule is COc1cccc(OC)c1C(N)c1cc(C)c(Cl)s1. The average Bonchev–Trinajstić information content (AvgIpc) is 2.76. The smallest absolute Gasteiger partial charge is 0.127 e. The molecule has 0 aliphatic rings. The van der Waals surface area contributed by atoms with Crippen molar-refractivity contribution in [1.82, 2.24) is 0 Å². The first kappa shape index (κ1) is 14.2. The largest absolute Gasteiger partial charge is 0.496 e. The maximum atomic E-state index is 6.34. The van der Waals surface area contributed by atoms with Gasteiger partial charge >= 0.3 is 0 Å². The van der Waals surface area contributed by atoms with E-state index in [0.717, 1.165) is 20.3 Å². The van der Waals surface area contributed by atoms with Gasteiger partial charge < -0.3 is 15.2 Å². The van der Waals surface area contributed by atoms with Gasteiger partial charge in [-0.2, -0.15) is 0 Å². The summed E-state index contributed by atoms with van der Waals surface area (Å²) in [7, 11) is 3.25. The van der Waals surface area contributed by atoms with Gasteiger partial charge in [-0.1, -0.05) is 17.7 Å². The molecule has 0 saturated heterocycles. The first-order chi connectivity index (χ1) is 9.08. The Morgan fingerprint density at radius 2 is 1.79 bits per heavy atom. The van der Waals surface area contributed by atoms with Gasteiger partial charge in [0, 0.05) is 4.88 Å². The highest BCUT2D eigenvalue weighted by Gasteiger charge is 2.21. The Morgan fingerprint density at radius 3 is 2.21 bits per heavy atom. The highest BCUT2D eigenvalue weighted by atomic mass is 35.5. The Morgan fingerprint density at radius 1 is 1.21 bits per heavy atom. The molecule has 1 aromatic carbocycles. The summed E-state index contributed by atoms with van der Waals surface area (Å²) in [6, 6.07) is 7.31. The number of hydrogen-bond donors (Lipinski definition) is 1. The van der Waals surface area contributed by atoms with Crippen LogP contribution in [-0.4, -0.2) is 14.2 Å². The van der Waals surface area contributed by atoms with Gasteiger partial charge in [0.05, 0.1) is 30.2 Å². The minimum atomic E-state index is -0.317. The zero-order valence-electron chi connectivity index (χ0n) is 11.1. The lowest BCUT2D eigenvalue weighted by Gasteiger charge is -2.17. The average molecular weight is 298 g/mol. The predicted octanol–water partition coefficient (Wildman–Crippen LogP) is 3.78. The van der Waals surface area contributed by atoms with Gasteiger partial charge in [-0.15, -0.1) is 11.3 Å². The van der Waals surface area contributed by atoms with Crippen LogP contribution in [0.5, 0.6) is 11.5 Å². The number of rotatable bonds is 4. The molecular formula is C14H16ClNO2S.